The number of hydrogen-bond donors (Lipinski definition) is 1. The van der Waals surface area contributed by atoms with Crippen molar-refractivity contribution < 1.29 is 9.53 Å². The first kappa shape index (κ1) is 18.2. The van der Waals surface area contributed by atoms with Gasteiger partial charge in [-0.05, 0) is 62.1 Å². The van der Waals surface area contributed by atoms with E-state index in [0.717, 1.165) is 44.0 Å². The lowest BCUT2D eigenvalue weighted by atomic mass is 9.96. The van der Waals surface area contributed by atoms with Crippen molar-refractivity contribution >= 4 is 5.91 Å². The topological polar surface area (TPSA) is 41.6 Å². The van der Waals surface area contributed by atoms with Crippen LogP contribution in [0.25, 0.3) is 0 Å². The molecule has 1 amide bonds. The number of ether oxygens (including phenoxy) is 1. The van der Waals surface area contributed by atoms with Gasteiger partial charge in [-0.1, -0.05) is 25.1 Å². The van der Waals surface area contributed by atoms with Crippen molar-refractivity contribution in [3.05, 3.63) is 29.8 Å². The summed E-state index contributed by atoms with van der Waals surface area (Å²) in [5.41, 5.74) is 1.19. The van der Waals surface area contributed by atoms with Crippen molar-refractivity contribution in [2.75, 3.05) is 26.7 Å². The molecule has 0 radical (unpaired) electrons. The number of likely N-dealkylation sites (tertiary alicyclic amines) is 1. The van der Waals surface area contributed by atoms with Crippen molar-refractivity contribution in [3.63, 3.8) is 0 Å². The minimum atomic E-state index is 0.308. The molecule has 4 nitrogen and oxygen atoms in total. The number of amides is 1. The Labute approximate surface area is 151 Å². The van der Waals surface area contributed by atoms with Crippen LogP contribution >= 0.6 is 0 Å². The molecule has 1 unspecified atom stereocenters. The predicted molar refractivity (Wildman–Crippen MR) is 101 cm³/mol. The first-order valence-electron chi connectivity index (χ1n) is 9.78. The van der Waals surface area contributed by atoms with Gasteiger partial charge in [-0.15, -0.1) is 0 Å². The van der Waals surface area contributed by atoms with Gasteiger partial charge in [0.25, 0.3) is 0 Å². The average Bonchev–Trinajstić information content (AvgIpc) is 3.45. The van der Waals surface area contributed by atoms with Gasteiger partial charge < -0.3 is 15.0 Å². The number of nitrogens with one attached hydrogen (secondary N) is 1. The van der Waals surface area contributed by atoms with Gasteiger partial charge in [-0.25, -0.2) is 0 Å². The Bertz CT molecular complexity index is 563. The molecule has 1 saturated carbocycles. The Morgan fingerprint density at radius 3 is 2.64 bits per heavy atom. The van der Waals surface area contributed by atoms with E-state index >= 15 is 0 Å². The number of piperidine rings is 1. The van der Waals surface area contributed by atoms with Gasteiger partial charge in [0.05, 0.1) is 7.11 Å². The van der Waals surface area contributed by atoms with E-state index in [0.29, 0.717) is 24.3 Å². The molecule has 1 saturated heterocycles. The summed E-state index contributed by atoms with van der Waals surface area (Å²) in [5.74, 6) is 2.48. The van der Waals surface area contributed by atoms with E-state index < -0.39 is 0 Å². The van der Waals surface area contributed by atoms with Crippen molar-refractivity contribution in [1.29, 1.82) is 0 Å². The summed E-state index contributed by atoms with van der Waals surface area (Å²) in [6, 6.07) is 8.71. The Hall–Kier alpha value is -1.55. The maximum absolute atomic E-state index is 12.6. The van der Waals surface area contributed by atoms with Gasteiger partial charge in [0.1, 0.15) is 5.75 Å². The van der Waals surface area contributed by atoms with Crippen molar-refractivity contribution in [1.82, 2.24) is 10.2 Å². The molecule has 0 bridgehead atoms. The van der Waals surface area contributed by atoms with E-state index in [1.165, 1.54) is 24.9 Å². The molecule has 1 aromatic rings. The zero-order chi connectivity index (χ0) is 17.6. The summed E-state index contributed by atoms with van der Waals surface area (Å²) in [6.07, 6.45) is 6.49. The Kier molecular flexibility index (Phi) is 6.35. The molecule has 3 rings (SSSR count). The summed E-state index contributed by atoms with van der Waals surface area (Å²) >= 11 is 0. The van der Waals surface area contributed by atoms with E-state index in [4.69, 9.17) is 4.74 Å². The molecule has 1 N–H and O–H groups in total. The van der Waals surface area contributed by atoms with Gasteiger partial charge in [0.15, 0.2) is 0 Å². The molecular formula is C21H32N2O2. The highest BCUT2D eigenvalue weighted by Crippen LogP contribution is 2.28. The van der Waals surface area contributed by atoms with E-state index in [9.17, 15) is 4.79 Å². The summed E-state index contributed by atoms with van der Waals surface area (Å²) in [5, 5.41) is 3.68. The molecule has 2 fully saturated rings. The van der Waals surface area contributed by atoms with Crippen LogP contribution in [0.4, 0.5) is 0 Å². The van der Waals surface area contributed by atoms with Gasteiger partial charge in [0, 0.05) is 25.6 Å². The molecule has 1 aliphatic heterocycles. The fraction of sp³-hybridized carbons (Fsp3) is 0.667. The summed E-state index contributed by atoms with van der Waals surface area (Å²) in [4.78, 5) is 14.7. The van der Waals surface area contributed by atoms with Crippen LogP contribution in [0, 0.1) is 11.8 Å². The van der Waals surface area contributed by atoms with E-state index in [-0.39, 0.29) is 0 Å². The number of nitrogens with zero attached hydrogens (tertiary/aromatic N) is 1. The molecule has 2 aliphatic rings. The highest BCUT2D eigenvalue weighted by atomic mass is 16.5. The Balaban J connectivity index is 1.41. The average molecular weight is 344 g/mol. The van der Waals surface area contributed by atoms with Gasteiger partial charge in [0.2, 0.25) is 5.91 Å². The Morgan fingerprint density at radius 1 is 1.24 bits per heavy atom. The van der Waals surface area contributed by atoms with Crippen LogP contribution in [0.3, 0.4) is 0 Å². The zero-order valence-corrected chi connectivity index (χ0v) is 15.7. The van der Waals surface area contributed by atoms with Crippen molar-refractivity contribution in [3.8, 4) is 5.75 Å². The number of hydrogen-bond acceptors (Lipinski definition) is 3. The van der Waals surface area contributed by atoms with Crippen molar-refractivity contribution in [2.24, 2.45) is 11.8 Å². The second-order valence-corrected chi connectivity index (χ2v) is 7.83. The molecule has 1 aliphatic carbocycles. The third-order valence-electron chi connectivity index (χ3n) is 5.52. The van der Waals surface area contributed by atoms with Crippen LogP contribution in [-0.4, -0.2) is 43.6 Å². The monoisotopic (exact) mass is 344 g/mol. The van der Waals surface area contributed by atoms with Crippen LogP contribution in [0.2, 0.25) is 0 Å². The highest BCUT2D eigenvalue weighted by Gasteiger charge is 2.26. The van der Waals surface area contributed by atoms with Gasteiger partial charge in [-0.3, -0.25) is 4.79 Å². The molecule has 25 heavy (non-hydrogen) atoms. The number of rotatable bonds is 8. The van der Waals surface area contributed by atoms with Crippen LogP contribution in [0.5, 0.6) is 5.75 Å². The normalized spacial score (nSPS) is 19.7. The quantitative estimate of drug-likeness (QED) is 0.787. The van der Waals surface area contributed by atoms with Crippen LogP contribution in [0.15, 0.2) is 24.3 Å². The number of carbonyl (C=O) groups is 1. The standard InChI is InChI=1S/C21H32N2O2/c1-16(13-18-5-3-4-6-20(18)25-2)14-21(24)23-11-9-19(10-12-23)22-15-17-7-8-17/h3-6,16-17,19,22H,7-15H2,1-2H3. The minimum Gasteiger partial charge on any atom is -0.496 e. The largest absolute Gasteiger partial charge is 0.496 e. The fourth-order valence-electron chi connectivity index (χ4n) is 3.73. The molecule has 0 aromatic heterocycles. The third kappa shape index (κ3) is 5.46. The highest BCUT2D eigenvalue weighted by molar-refractivity contribution is 5.76. The van der Waals surface area contributed by atoms with Crippen molar-refractivity contribution in [2.45, 2.75) is 51.5 Å². The number of methoxy groups -OCH3 is 1. The molecule has 138 valence electrons. The van der Waals surface area contributed by atoms with Crippen LogP contribution in [-0.2, 0) is 11.2 Å². The van der Waals surface area contributed by atoms with E-state index in [1.807, 2.05) is 18.2 Å². The van der Waals surface area contributed by atoms with Gasteiger partial charge in [-0.2, -0.15) is 0 Å². The molecule has 0 spiro atoms. The number of benzene rings is 1. The molecule has 1 atom stereocenters. The van der Waals surface area contributed by atoms with Crippen LogP contribution < -0.4 is 10.1 Å². The zero-order valence-electron chi connectivity index (χ0n) is 15.7. The minimum absolute atomic E-state index is 0.308. The summed E-state index contributed by atoms with van der Waals surface area (Å²) in [7, 11) is 1.70. The maximum atomic E-state index is 12.6. The summed E-state index contributed by atoms with van der Waals surface area (Å²) in [6.45, 7) is 5.15. The molecule has 1 heterocycles. The van der Waals surface area contributed by atoms with Crippen LogP contribution in [0.1, 0.15) is 44.6 Å². The SMILES string of the molecule is COc1ccccc1CC(C)CC(=O)N1CCC(NCC2CC2)CC1. The fourth-order valence-corrected chi connectivity index (χ4v) is 3.73. The lowest BCUT2D eigenvalue weighted by Crippen LogP contribution is -2.45. The molecular weight excluding hydrogens is 312 g/mol. The maximum Gasteiger partial charge on any atom is 0.222 e. The molecule has 4 heteroatoms. The van der Waals surface area contributed by atoms with E-state index in [2.05, 4.69) is 23.2 Å². The summed E-state index contributed by atoms with van der Waals surface area (Å²) < 4.78 is 5.42. The lowest BCUT2D eigenvalue weighted by molar-refractivity contribution is -0.133. The molecule has 1 aromatic carbocycles. The van der Waals surface area contributed by atoms with Gasteiger partial charge >= 0.3 is 0 Å². The predicted octanol–water partition coefficient (Wildman–Crippen LogP) is 3.25. The smallest absolute Gasteiger partial charge is 0.222 e. The second kappa shape index (κ2) is 8.70. The van der Waals surface area contributed by atoms with E-state index in [1.54, 1.807) is 7.11 Å². The first-order valence-corrected chi connectivity index (χ1v) is 9.78. The number of carbonyl (C=O) groups excluding carboxylic acids is 1. The number of para-hydroxylation sites is 1. The second-order valence-electron chi connectivity index (χ2n) is 7.83. The lowest BCUT2D eigenvalue weighted by Gasteiger charge is -2.33. The third-order valence-corrected chi connectivity index (χ3v) is 5.52. The first-order chi connectivity index (χ1) is 12.2. The Morgan fingerprint density at radius 2 is 1.96 bits per heavy atom.